The Morgan fingerprint density at radius 3 is 2.74 bits per heavy atom. The van der Waals surface area contributed by atoms with Crippen LogP contribution < -0.4 is 5.73 Å². The highest BCUT2D eigenvalue weighted by Gasteiger charge is 2.14. The zero-order valence-corrected chi connectivity index (χ0v) is 11.4. The van der Waals surface area contributed by atoms with Gasteiger partial charge in [-0.05, 0) is 24.1 Å². The van der Waals surface area contributed by atoms with Gasteiger partial charge in [-0.15, -0.1) is 0 Å². The Morgan fingerprint density at radius 1 is 1.21 bits per heavy atom. The number of imidazole rings is 1. The maximum Gasteiger partial charge on any atom is 0.157 e. The molecule has 3 aromatic rings. The molecule has 0 bridgehead atoms. The van der Waals surface area contributed by atoms with Crippen LogP contribution in [0.15, 0.2) is 42.6 Å². The Kier molecular flexibility index (Phi) is 2.91. The first-order valence-electron chi connectivity index (χ1n) is 6.22. The lowest BCUT2D eigenvalue weighted by Gasteiger charge is -2.05. The zero-order chi connectivity index (χ0) is 13.4. The van der Waals surface area contributed by atoms with Crippen LogP contribution in [0.2, 0.25) is 5.02 Å². The number of nitrogens with two attached hydrogens (primary N) is 1. The van der Waals surface area contributed by atoms with Gasteiger partial charge in [0, 0.05) is 11.8 Å². The van der Waals surface area contributed by atoms with Crippen molar-refractivity contribution in [2.45, 2.75) is 13.3 Å². The Morgan fingerprint density at radius 2 is 2.00 bits per heavy atom. The second-order valence-electron chi connectivity index (χ2n) is 4.41. The topological polar surface area (TPSA) is 43.3 Å². The van der Waals surface area contributed by atoms with Gasteiger partial charge >= 0.3 is 0 Å². The Labute approximate surface area is 116 Å². The van der Waals surface area contributed by atoms with E-state index in [1.807, 2.05) is 40.9 Å². The molecule has 0 aliphatic carbocycles. The monoisotopic (exact) mass is 271 g/mol. The van der Waals surface area contributed by atoms with Crippen LogP contribution in [0.3, 0.4) is 0 Å². The molecular weight excluding hydrogens is 258 g/mol. The molecule has 0 aliphatic heterocycles. The second kappa shape index (κ2) is 4.59. The third kappa shape index (κ3) is 1.87. The van der Waals surface area contributed by atoms with Gasteiger partial charge in [-0.3, -0.25) is 4.40 Å². The summed E-state index contributed by atoms with van der Waals surface area (Å²) in [5.41, 5.74) is 10.0. The van der Waals surface area contributed by atoms with Gasteiger partial charge in [-0.1, -0.05) is 42.8 Å². The summed E-state index contributed by atoms with van der Waals surface area (Å²) in [6.45, 7) is 2.12. The van der Waals surface area contributed by atoms with Crippen LogP contribution in [-0.2, 0) is 6.42 Å². The fraction of sp³-hybridized carbons (Fsp3) is 0.133. The van der Waals surface area contributed by atoms with E-state index in [9.17, 15) is 0 Å². The molecule has 0 unspecified atom stereocenters. The summed E-state index contributed by atoms with van der Waals surface area (Å²) in [4.78, 5) is 4.60. The number of pyridine rings is 1. The van der Waals surface area contributed by atoms with Crippen molar-refractivity contribution in [3.05, 3.63) is 53.2 Å². The molecule has 0 fully saturated rings. The lowest BCUT2D eigenvalue weighted by Crippen LogP contribution is -1.95. The number of hydrogen-bond acceptors (Lipinski definition) is 2. The van der Waals surface area contributed by atoms with Gasteiger partial charge in [0.25, 0.3) is 0 Å². The van der Waals surface area contributed by atoms with Gasteiger partial charge in [0.2, 0.25) is 0 Å². The lowest BCUT2D eigenvalue weighted by molar-refractivity contribution is 1.14. The maximum atomic E-state index is 6.21. The molecule has 0 spiro atoms. The van der Waals surface area contributed by atoms with E-state index < -0.39 is 0 Å². The van der Waals surface area contributed by atoms with Crippen LogP contribution >= 0.6 is 11.6 Å². The molecule has 2 aromatic heterocycles. The Bertz CT molecular complexity index is 746. The fourth-order valence-electron chi connectivity index (χ4n) is 2.31. The highest BCUT2D eigenvalue weighted by molar-refractivity contribution is 6.33. The normalized spacial score (nSPS) is 11.1. The summed E-state index contributed by atoms with van der Waals surface area (Å²) in [6.07, 6.45) is 2.82. The molecular formula is C15H14ClN3. The SMILES string of the molecule is CCc1ccccc1-c1nc2c(Cl)cccn2c1N. The van der Waals surface area contributed by atoms with Crippen LogP contribution in [0.1, 0.15) is 12.5 Å². The Balaban J connectivity index is 2.31. The third-order valence-electron chi connectivity index (χ3n) is 3.29. The number of halogens is 1. The number of nitrogens with zero attached hydrogens (tertiary/aromatic N) is 2. The number of benzene rings is 1. The third-order valence-corrected chi connectivity index (χ3v) is 3.59. The largest absolute Gasteiger partial charge is 0.383 e. The number of rotatable bonds is 2. The van der Waals surface area contributed by atoms with Crippen molar-refractivity contribution < 1.29 is 0 Å². The van der Waals surface area contributed by atoms with Crippen molar-refractivity contribution in [1.82, 2.24) is 9.38 Å². The van der Waals surface area contributed by atoms with Gasteiger partial charge < -0.3 is 5.73 Å². The molecule has 0 saturated heterocycles. The first-order chi connectivity index (χ1) is 9.22. The maximum absolute atomic E-state index is 6.21. The number of anilines is 1. The summed E-state index contributed by atoms with van der Waals surface area (Å²) >= 11 is 6.16. The van der Waals surface area contributed by atoms with Crippen LogP contribution in [0.5, 0.6) is 0 Å². The molecule has 19 heavy (non-hydrogen) atoms. The fourth-order valence-corrected chi connectivity index (χ4v) is 2.52. The summed E-state index contributed by atoms with van der Waals surface area (Å²) in [6, 6.07) is 11.9. The molecule has 3 rings (SSSR count). The van der Waals surface area contributed by atoms with E-state index in [0.717, 1.165) is 17.7 Å². The second-order valence-corrected chi connectivity index (χ2v) is 4.81. The molecule has 2 heterocycles. The molecule has 4 heteroatoms. The van der Waals surface area contributed by atoms with Gasteiger partial charge in [-0.25, -0.2) is 4.98 Å². The van der Waals surface area contributed by atoms with Crippen LogP contribution in [0.25, 0.3) is 16.9 Å². The van der Waals surface area contributed by atoms with Crippen molar-refractivity contribution in [3.63, 3.8) is 0 Å². The van der Waals surface area contributed by atoms with Crippen LogP contribution in [0.4, 0.5) is 5.82 Å². The molecule has 3 nitrogen and oxygen atoms in total. The quantitative estimate of drug-likeness (QED) is 0.770. The first-order valence-corrected chi connectivity index (χ1v) is 6.60. The summed E-state index contributed by atoms with van der Waals surface area (Å²) < 4.78 is 1.82. The highest BCUT2D eigenvalue weighted by atomic mass is 35.5. The average Bonchev–Trinajstić information content (AvgIpc) is 2.78. The Hall–Kier alpha value is -2.00. The molecule has 0 radical (unpaired) electrons. The van der Waals surface area contributed by atoms with E-state index in [-0.39, 0.29) is 0 Å². The van der Waals surface area contributed by atoms with E-state index >= 15 is 0 Å². The number of hydrogen-bond donors (Lipinski definition) is 1. The van der Waals surface area contributed by atoms with Gasteiger partial charge in [0.1, 0.15) is 11.5 Å². The van der Waals surface area contributed by atoms with Crippen molar-refractivity contribution in [2.24, 2.45) is 0 Å². The van der Waals surface area contributed by atoms with E-state index in [0.29, 0.717) is 16.5 Å². The van der Waals surface area contributed by atoms with Gasteiger partial charge in [0.15, 0.2) is 5.65 Å². The number of nitrogen functional groups attached to an aromatic ring is 1. The average molecular weight is 272 g/mol. The summed E-state index contributed by atoms with van der Waals surface area (Å²) in [7, 11) is 0. The van der Waals surface area contributed by atoms with Crippen molar-refractivity contribution in [2.75, 3.05) is 5.73 Å². The molecule has 0 amide bonds. The predicted octanol–water partition coefficient (Wildman–Crippen LogP) is 3.80. The van der Waals surface area contributed by atoms with Crippen LogP contribution in [-0.4, -0.2) is 9.38 Å². The van der Waals surface area contributed by atoms with E-state index in [2.05, 4.69) is 18.0 Å². The van der Waals surface area contributed by atoms with Crippen LogP contribution in [0, 0.1) is 0 Å². The highest BCUT2D eigenvalue weighted by Crippen LogP contribution is 2.31. The predicted molar refractivity (Wildman–Crippen MR) is 79.4 cm³/mol. The van der Waals surface area contributed by atoms with Crippen molar-refractivity contribution in [1.29, 1.82) is 0 Å². The summed E-state index contributed by atoms with van der Waals surface area (Å²) in [5.74, 6) is 0.624. The standard InChI is InChI=1S/C15H14ClN3/c1-2-10-6-3-4-7-11(10)13-14(17)19-9-5-8-12(16)15(19)18-13/h3-9H,2,17H2,1H3. The molecule has 96 valence electrons. The zero-order valence-electron chi connectivity index (χ0n) is 10.6. The smallest absolute Gasteiger partial charge is 0.157 e. The number of fused-ring (bicyclic) bond motifs is 1. The molecule has 2 N–H and O–H groups in total. The molecule has 0 saturated carbocycles. The lowest BCUT2D eigenvalue weighted by atomic mass is 10.0. The summed E-state index contributed by atoms with van der Waals surface area (Å²) in [5, 5.41) is 0.606. The van der Waals surface area contributed by atoms with E-state index in [1.54, 1.807) is 0 Å². The molecule has 1 aromatic carbocycles. The number of aryl methyl sites for hydroxylation is 1. The van der Waals surface area contributed by atoms with E-state index in [1.165, 1.54) is 5.56 Å². The minimum absolute atomic E-state index is 0.606. The van der Waals surface area contributed by atoms with Gasteiger partial charge in [-0.2, -0.15) is 0 Å². The van der Waals surface area contributed by atoms with E-state index in [4.69, 9.17) is 17.3 Å². The molecule has 0 atom stereocenters. The number of aromatic nitrogens is 2. The van der Waals surface area contributed by atoms with Gasteiger partial charge in [0.05, 0.1) is 5.02 Å². The molecule has 0 aliphatic rings. The minimum atomic E-state index is 0.606. The van der Waals surface area contributed by atoms with Crippen molar-refractivity contribution in [3.8, 4) is 11.3 Å². The minimum Gasteiger partial charge on any atom is -0.383 e. The first kappa shape index (κ1) is 12.1. The van der Waals surface area contributed by atoms with Crippen molar-refractivity contribution >= 4 is 23.1 Å².